The summed E-state index contributed by atoms with van der Waals surface area (Å²) in [5.41, 5.74) is 0.910. The monoisotopic (exact) mass is 335 g/mol. The Bertz CT molecular complexity index is 628. The molecule has 0 atom stereocenters. The van der Waals surface area contributed by atoms with Gasteiger partial charge in [0.15, 0.2) is 0 Å². The van der Waals surface area contributed by atoms with Crippen LogP contribution in [-0.4, -0.2) is 65.4 Å². The SMILES string of the molecule is COCCN(C)SC[C@H]1C[C@@H](N(C)c2ncnc3[nH]ccc23)C1. The highest BCUT2D eigenvalue weighted by atomic mass is 32.2. The van der Waals surface area contributed by atoms with Crippen LogP contribution in [0.3, 0.4) is 0 Å². The van der Waals surface area contributed by atoms with E-state index in [0.29, 0.717) is 6.04 Å². The fourth-order valence-electron chi connectivity index (χ4n) is 2.98. The molecule has 0 radical (unpaired) electrons. The largest absolute Gasteiger partial charge is 0.383 e. The Morgan fingerprint density at radius 1 is 1.35 bits per heavy atom. The van der Waals surface area contributed by atoms with Gasteiger partial charge < -0.3 is 14.6 Å². The maximum atomic E-state index is 5.11. The first-order valence-electron chi connectivity index (χ1n) is 8.03. The highest BCUT2D eigenvalue weighted by Crippen LogP contribution is 2.36. The van der Waals surface area contributed by atoms with Crippen molar-refractivity contribution in [2.75, 3.05) is 45.0 Å². The number of aromatic amines is 1. The minimum Gasteiger partial charge on any atom is -0.383 e. The first-order chi connectivity index (χ1) is 11.2. The van der Waals surface area contributed by atoms with Crippen LogP contribution >= 0.6 is 11.9 Å². The number of methoxy groups -OCH3 is 1. The number of anilines is 1. The molecule has 0 aliphatic heterocycles. The number of rotatable bonds is 8. The van der Waals surface area contributed by atoms with E-state index in [1.807, 2.05) is 18.1 Å². The van der Waals surface area contributed by atoms with Crippen LogP contribution in [-0.2, 0) is 4.74 Å². The molecule has 0 amide bonds. The Kier molecular flexibility index (Phi) is 5.40. The third kappa shape index (κ3) is 3.79. The smallest absolute Gasteiger partial charge is 0.142 e. The number of H-pyrrole nitrogens is 1. The number of likely N-dealkylation sites (N-methyl/N-ethyl adjacent to an activating group) is 1. The van der Waals surface area contributed by atoms with Gasteiger partial charge in [0.05, 0.1) is 12.0 Å². The van der Waals surface area contributed by atoms with Crippen LogP contribution in [0.1, 0.15) is 12.8 Å². The van der Waals surface area contributed by atoms with Crippen LogP contribution < -0.4 is 4.90 Å². The van der Waals surface area contributed by atoms with Gasteiger partial charge in [0.25, 0.3) is 0 Å². The topological polar surface area (TPSA) is 57.3 Å². The van der Waals surface area contributed by atoms with Crippen LogP contribution in [0.4, 0.5) is 5.82 Å². The molecular weight excluding hydrogens is 310 g/mol. The van der Waals surface area contributed by atoms with E-state index >= 15 is 0 Å². The van der Waals surface area contributed by atoms with Crippen molar-refractivity contribution >= 4 is 28.8 Å². The molecule has 1 fully saturated rings. The van der Waals surface area contributed by atoms with Crippen LogP contribution in [0.15, 0.2) is 18.6 Å². The maximum absolute atomic E-state index is 5.11. The van der Waals surface area contributed by atoms with E-state index in [4.69, 9.17) is 4.74 Å². The Balaban J connectivity index is 1.48. The van der Waals surface area contributed by atoms with Gasteiger partial charge in [-0.1, -0.05) is 11.9 Å². The van der Waals surface area contributed by atoms with E-state index in [2.05, 4.69) is 44.3 Å². The molecular formula is C16H25N5OS. The molecule has 3 rings (SSSR count). The predicted octanol–water partition coefficient (Wildman–Crippen LogP) is 2.40. The molecule has 0 saturated heterocycles. The first kappa shape index (κ1) is 16.5. The maximum Gasteiger partial charge on any atom is 0.142 e. The van der Waals surface area contributed by atoms with Crippen molar-refractivity contribution in [1.82, 2.24) is 19.3 Å². The van der Waals surface area contributed by atoms with E-state index in [9.17, 15) is 0 Å². The number of nitrogens with one attached hydrogen (secondary N) is 1. The highest BCUT2D eigenvalue weighted by molar-refractivity contribution is 7.97. The van der Waals surface area contributed by atoms with Gasteiger partial charge in [0.1, 0.15) is 17.8 Å². The number of fused-ring (bicyclic) bond motifs is 1. The van der Waals surface area contributed by atoms with E-state index in [0.717, 1.165) is 35.9 Å². The third-order valence-electron chi connectivity index (χ3n) is 4.57. The zero-order valence-corrected chi connectivity index (χ0v) is 14.8. The number of hydrogen-bond donors (Lipinski definition) is 1. The molecule has 6 nitrogen and oxygen atoms in total. The molecule has 1 aliphatic carbocycles. The molecule has 0 aromatic carbocycles. The summed E-state index contributed by atoms with van der Waals surface area (Å²) in [4.78, 5) is 14.2. The summed E-state index contributed by atoms with van der Waals surface area (Å²) in [6.45, 7) is 1.77. The van der Waals surface area contributed by atoms with Gasteiger partial charge in [-0.2, -0.15) is 0 Å². The number of hydrogen-bond acceptors (Lipinski definition) is 6. The normalized spacial score (nSPS) is 20.9. The molecule has 0 spiro atoms. The van der Waals surface area contributed by atoms with Crippen molar-refractivity contribution in [3.63, 3.8) is 0 Å². The second-order valence-corrected chi connectivity index (χ2v) is 7.39. The van der Waals surface area contributed by atoms with Gasteiger partial charge in [0.2, 0.25) is 0 Å². The van der Waals surface area contributed by atoms with Crippen molar-refractivity contribution in [2.45, 2.75) is 18.9 Å². The molecule has 1 saturated carbocycles. The lowest BCUT2D eigenvalue weighted by atomic mass is 9.81. The van der Waals surface area contributed by atoms with E-state index in [1.165, 1.54) is 18.6 Å². The Hall–Kier alpha value is -1.31. The molecule has 0 bridgehead atoms. The Morgan fingerprint density at radius 3 is 2.96 bits per heavy atom. The summed E-state index contributed by atoms with van der Waals surface area (Å²) in [5.74, 6) is 3.01. The van der Waals surface area contributed by atoms with Gasteiger partial charge in [-0.05, 0) is 31.9 Å². The second kappa shape index (κ2) is 7.51. The summed E-state index contributed by atoms with van der Waals surface area (Å²) in [6.07, 6.45) is 6.03. The lowest BCUT2D eigenvalue weighted by molar-refractivity contribution is 0.187. The van der Waals surface area contributed by atoms with Crippen LogP contribution in [0, 0.1) is 5.92 Å². The Labute approximate surface area is 141 Å². The van der Waals surface area contributed by atoms with Crippen molar-refractivity contribution in [1.29, 1.82) is 0 Å². The number of nitrogens with zero attached hydrogens (tertiary/aromatic N) is 4. The average Bonchev–Trinajstić information content (AvgIpc) is 2.99. The minimum absolute atomic E-state index is 0.581. The molecule has 7 heteroatoms. The van der Waals surface area contributed by atoms with Gasteiger partial charge in [0, 0.05) is 38.7 Å². The first-order valence-corrected chi connectivity index (χ1v) is 8.97. The molecule has 126 valence electrons. The van der Waals surface area contributed by atoms with Crippen molar-refractivity contribution in [3.8, 4) is 0 Å². The zero-order valence-electron chi connectivity index (χ0n) is 14.0. The van der Waals surface area contributed by atoms with Crippen LogP contribution in [0.2, 0.25) is 0 Å². The third-order valence-corrected chi connectivity index (χ3v) is 5.81. The van der Waals surface area contributed by atoms with Crippen molar-refractivity contribution in [2.24, 2.45) is 5.92 Å². The highest BCUT2D eigenvalue weighted by Gasteiger charge is 2.33. The summed E-state index contributed by atoms with van der Waals surface area (Å²) in [6, 6.07) is 2.63. The van der Waals surface area contributed by atoms with E-state index < -0.39 is 0 Å². The summed E-state index contributed by atoms with van der Waals surface area (Å²) in [5, 5.41) is 1.10. The van der Waals surface area contributed by atoms with Crippen LogP contribution in [0.25, 0.3) is 11.0 Å². The molecule has 2 aromatic rings. The van der Waals surface area contributed by atoms with E-state index in [1.54, 1.807) is 13.4 Å². The quantitative estimate of drug-likeness (QED) is 0.748. The number of aromatic nitrogens is 3. The molecule has 0 unspecified atom stereocenters. The fraction of sp³-hybridized carbons (Fsp3) is 0.625. The molecule has 1 aliphatic rings. The van der Waals surface area contributed by atoms with Crippen LogP contribution in [0.5, 0.6) is 0 Å². The lowest BCUT2D eigenvalue weighted by Crippen LogP contribution is -2.44. The molecule has 2 aromatic heterocycles. The minimum atomic E-state index is 0.581. The second-order valence-electron chi connectivity index (χ2n) is 6.18. The molecule has 23 heavy (non-hydrogen) atoms. The van der Waals surface area contributed by atoms with Crippen molar-refractivity contribution < 1.29 is 4.74 Å². The fourth-order valence-corrected chi connectivity index (χ4v) is 3.92. The van der Waals surface area contributed by atoms with E-state index in [-0.39, 0.29) is 0 Å². The van der Waals surface area contributed by atoms with Gasteiger partial charge >= 0.3 is 0 Å². The number of ether oxygens (including phenoxy) is 1. The average molecular weight is 335 g/mol. The lowest BCUT2D eigenvalue weighted by Gasteiger charge is -2.42. The summed E-state index contributed by atoms with van der Waals surface area (Å²) >= 11 is 1.92. The molecule has 1 N–H and O–H groups in total. The molecule has 2 heterocycles. The predicted molar refractivity (Wildman–Crippen MR) is 95.8 cm³/mol. The van der Waals surface area contributed by atoms with Crippen molar-refractivity contribution in [3.05, 3.63) is 18.6 Å². The summed E-state index contributed by atoms with van der Waals surface area (Å²) < 4.78 is 7.38. The zero-order chi connectivity index (χ0) is 16.2. The summed E-state index contributed by atoms with van der Waals surface area (Å²) in [7, 11) is 6.03. The Morgan fingerprint density at radius 2 is 2.17 bits per heavy atom. The van der Waals surface area contributed by atoms with Gasteiger partial charge in [-0.15, -0.1) is 0 Å². The van der Waals surface area contributed by atoms with Gasteiger partial charge in [-0.25, -0.2) is 9.97 Å². The van der Waals surface area contributed by atoms with Gasteiger partial charge in [-0.3, -0.25) is 4.31 Å². The standard InChI is InChI=1S/C16H25N5OS/c1-20(6-7-22-3)23-10-12-8-13(9-12)21(2)16-14-4-5-17-15(14)18-11-19-16/h4-5,11-13H,6-10H2,1-3H3,(H,17,18,19)/t12-,13+.